The number of nitrogens with zero attached hydrogens (tertiary/aromatic N) is 2. The number of hydrogen-bond donors (Lipinski definition) is 2. The van der Waals surface area contributed by atoms with Gasteiger partial charge in [-0.1, -0.05) is 32.9 Å². The fraction of sp³-hybridized carbons (Fsp3) is 0.333. The molecule has 0 spiro atoms. The number of nitrogens with two attached hydrogens (primary N) is 1. The number of ether oxygens (including phenoxy) is 1. The van der Waals surface area contributed by atoms with Crippen LogP contribution >= 0.6 is 0 Å². The van der Waals surface area contributed by atoms with Crippen LogP contribution in [-0.4, -0.2) is 9.97 Å². The van der Waals surface area contributed by atoms with Crippen LogP contribution in [0.1, 0.15) is 31.9 Å². The maximum Gasteiger partial charge on any atom is 0.239 e. The first-order valence-electron chi connectivity index (χ1n) is 6.48. The molecule has 0 fully saturated rings. The summed E-state index contributed by atoms with van der Waals surface area (Å²) in [6, 6.07) is 6.16. The second kappa shape index (κ2) is 5.46. The lowest BCUT2D eigenvalue weighted by molar-refractivity contribution is 0.456. The molecule has 3 N–H and O–H groups in total. The highest BCUT2D eigenvalue weighted by atomic mass is 16.5. The van der Waals surface area contributed by atoms with E-state index in [0.717, 1.165) is 11.3 Å². The van der Waals surface area contributed by atoms with E-state index in [-0.39, 0.29) is 5.41 Å². The minimum atomic E-state index is 0.118. The molecule has 1 aromatic carbocycles. The number of aryl methyl sites for hydroxylation is 1. The number of nitrogens with one attached hydrogen (secondary N) is 1. The second-order valence-electron chi connectivity index (χ2n) is 5.72. The Kier molecular flexibility index (Phi) is 3.90. The highest BCUT2D eigenvalue weighted by Gasteiger charge is 2.15. The van der Waals surface area contributed by atoms with Crippen molar-refractivity contribution >= 4 is 5.82 Å². The fourth-order valence-electron chi connectivity index (χ4n) is 1.81. The fourth-order valence-corrected chi connectivity index (χ4v) is 1.81. The summed E-state index contributed by atoms with van der Waals surface area (Å²) in [5, 5.41) is 0. The number of anilines is 1. The van der Waals surface area contributed by atoms with Crippen molar-refractivity contribution in [1.82, 2.24) is 9.97 Å². The standard InChI is InChI=1S/C15H20N4O/c1-10-7-11(15(2,3)4)5-6-12(10)20-14-9-17-8-13(18-14)19-16/h5-9H,16H2,1-4H3,(H,18,19). The Balaban J connectivity index is 2.25. The molecule has 5 nitrogen and oxygen atoms in total. The van der Waals surface area contributed by atoms with E-state index in [2.05, 4.69) is 48.3 Å². The summed E-state index contributed by atoms with van der Waals surface area (Å²) in [5.74, 6) is 6.94. The van der Waals surface area contributed by atoms with Crippen molar-refractivity contribution in [2.24, 2.45) is 5.84 Å². The SMILES string of the molecule is Cc1cc(C(C)(C)C)ccc1Oc1cncc(NN)n1. The van der Waals surface area contributed by atoms with Gasteiger partial charge < -0.3 is 10.2 Å². The van der Waals surface area contributed by atoms with Crippen LogP contribution in [0.25, 0.3) is 0 Å². The lowest BCUT2D eigenvalue weighted by Crippen LogP contribution is -2.11. The van der Waals surface area contributed by atoms with Gasteiger partial charge in [-0.3, -0.25) is 4.98 Å². The molecule has 20 heavy (non-hydrogen) atoms. The summed E-state index contributed by atoms with van der Waals surface area (Å²) in [6.45, 7) is 8.57. The summed E-state index contributed by atoms with van der Waals surface area (Å²) in [6.07, 6.45) is 3.08. The Morgan fingerprint density at radius 3 is 2.55 bits per heavy atom. The number of aromatic nitrogens is 2. The van der Waals surface area contributed by atoms with E-state index in [1.54, 1.807) is 6.20 Å². The molecular formula is C15H20N4O. The number of nitrogen functional groups attached to an aromatic ring is 1. The third kappa shape index (κ3) is 3.24. The molecule has 1 heterocycles. The van der Waals surface area contributed by atoms with Crippen LogP contribution in [0.3, 0.4) is 0 Å². The maximum atomic E-state index is 5.75. The van der Waals surface area contributed by atoms with Crippen LogP contribution in [0.15, 0.2) is 30.6 Å². The topological polar surface area (TPSA) is 73.1 Å². The van der Waals surface area contributed by atoms with Crippen molar-refractivity contribution < 1.29 is 4.74 Å². The predicted octanol–water partition coefficient (Wildman–Crippen LogP) is 3.16. The van der Waals surface area contributed by atoms with Gasteiger partial charge in [0.2, 0.25) is 5.88 Å². The van der Waals surface area contributed by atoms with Crippen LogP contribution in [0.2, 0.25) is 0 Å². The molecule has 0 atom stereocenters. The summed E-state index contributed by atoms with van der Waals surface area (Å²) in [4.78, 5) is 8.19. The van der Waals surface area contributed by atoms with Crippen molar-refractivity contribution in [1.29, 1.82) is 0 Å². The molecule has 106 valence electrons. The number of benzene rings is 1. The maximum absolute atomic E-state index is 5.75. The lowest BCUT2D eigenvalue weighted by Gasteiger charge is -2.20. The minimum Gasteiger partial charge on any atom is -0.437 e. The molecule has 0 saturated carbocycles. The van der Waals surface area contributed by atoms with E-state index in [0.29, 0.717) is 11.7 Å². The first-order valence-corrected chi connectivity index (χ1v) is 6.48. The van der Waals surface area contributed by atoms with Gasteiger partial charge >= 0.3 is 0 Å². The van der Waals surface area contributed by atoms with Crippen LogP contribution in [-0.2, 0) is 5.41 Å². The van der Waals surface area contributed by atoms with Gasteiger partial charge in [0.15, 0.2) is 5.82 Å². The second-order valence-corrected chi connectivity index (χ2v) is 5.72. The Hall–Kier alpha value is -2.14. The molecule has 0 saturated heterocycles. The third-order valence-electron chi connectivity index (χ3n) is 3.02. The molecule has 0 radical (unpaired) electrons. The number of hydrazine groups is 1. The summed E-state index contributed by atoms with van der Waals surface area (Å²) in [5.41, 5.74) is 4.89. The van der Waals surface area contributed by atoms with E-state index >= 15 is 0 Å². The lowest BCUT2D eigenvalue weighted by atomic mass is 9.86. The summed E-state index contributed by atoms with van der Waals surface area (Å²) < 4.78 is 5.75. The van der Waals surface area contributed by atoms with Crippen LogP contribution < -0.4 is 16.0 Å². The zero-order chi connectivity index (χ0) is 14.8. The Labute approximate surface area is 119 Å². The first kappa shape index (κ1) is 14.3. The minimum absolute atomic E-state index is 0.118. The van der Waals surface area contributed by atoms with E-state index in [9.17, 15) is 0 Å². The van der Waals surface area contributed by atoms with Gasteiger partial charge in [-0.05, 0) is 29.5 Å². The quantitative estimate of drug-likeness (QED) is 0.663. The normalized spacial score (nSPS) is 11.2. The van der Waals surface area contributed by atoms with Crippen LogP contribution in [0.5, 0.6) is 11.6 Å². The smallest absolute Gasteiger partial charge is 0.239 e. The van der Waals surface area contributed by atoms with Gasteiger partial charge in [-0.2, -0.15) is 4.98 Å². The molecular weight excluding hydrogens is 252 g/mol. The highest BCUT2D eigenvalue weighted by Crippen LogP contribution is 2.29. The summed E-state index contributed by atoms with van der Waals surface area (Å²) in [7, 11) is 0. The highest BCUT2D eigenvalue weighted by molar-refractivity contribution is 5.41. The Morgan fingerprint density at radius 2 is 1.95 bits per heavy atom. The van der Waals surface area contributed by atoms with Gasteiger partial charge in [0, 0.05) is 0 Å². The molecule has 2 aromatic rings. The van der Waals surface area contributed by atoms with Crippen LogP contribution in [0.4, 0.5) is 5.82 Å². The van der Waals surface area contributed by atoms with E-state index in [1.165, 1.54) is 11.8 Å². The Morgan fingerprint density at radius 1 is 1.20 bits per heavy atom. The van der Waals surface area contributed by atoms with Crippen LogP contribution in [0, 0.1) is 6.92 Å². The van der Waals surface area contributed by atoms with Gasteiger partial charge in [0.25, 0.3) is 0 Å². The van der Waals surface area contributed by atoms with E-state index in [4.69, 9.17) is 10.6 Å². The van der Waals surface area contributed by atoms with Gasteiger partial charge in [-0.15, -0.1) is 0 Å². The predicted molar refractivity (Wildman–Crippen MR) is 79.8 cm³/mol. The first-order chi connectivity index (χ1) is 9.40. The zero-order valence-electron chi connectivity index (χ0n) is 12.3. The average Bonchev–Trinajstić information content (AvgIpc) is 2.40. The van der Waals surface area contributed by atoms with Crippen molar-refractivity contribution in [2.75, 3.05) is 5.43 Å². The average molecular weight is 272 g/mol. The van der Waals surface area contributed by atoms with E-state index in [1.807, 2.05) is 13.0 Å². The molecule has 1 aromatic heterocycles. The molecule has 0 amide bonds. The molecule has 0 aliphatic heterocycles. The molecule has 0 bridgehead atoms. The van der Waals surface area contributed by atoms with E-state index < -0.39 is 0 Å². The van der Waals surface area contributed by atoms with Crippen molar-refractivity contribution in [2.45, 2.75) is 33.1 Å². The van der Waals surface area contributed by atoms with Gasteiger partial charge in [-0.25, -0.2) is 5.84 Å². The molecule has 5 heteroatoms. The monoisotopic (exact) mass is 272 g/mol. The summed E-state index contributed by atoms with van der Waals surface area (Å²) >= 11 is 0. The third-order valence-corrected chi connectivity index (χ3v) is 3.02. The van der Waals surface area contributed by atoms with Gasteiger partial charge in [0.05, 0.1) is 12.4 Å². The largest absolute Gasteiger partial charge is 0.437 e. The molecule has 0 unspecified atom stereocenters. The number of hydrogen-bond acceptors (Lipinski definition) is 5. The van der Waals surface area contributed by atoms with Crippen molar-refractivity contribution in [3.63, 3.8) is 0 Å². The van der Waals surface area contributed by atoms with Gasteiger partial charge in [0.1, 0.15) is 5.75 Å². The van der Waals surface area contributed by atoms with Crippen molar-refractivity contribution in [3.8, 4) is 11.6 Å². The molecule has 2 rings (SSSR count). The zero-order valence-corrected chi connectivity index (χ0v) is 12.3. The van der Waals surface area contributed by atoms with Crippen molar-refractivity contribution in [3.05, 3.63) is 41.7 Å². The molecule has 0 aliphatic rings. The Bertz CT molecular complexity index is 605. The molecule has 0 aliphatic carbocycles. The number of rotatable bonds is 3.